The molecule has 0 radical (unpaired) electrons. The number of nitrogens with zero attached hydrogens (tertiary/aromatic N) is 1. The smallest absolute Gasteiger partial charge is 0.339 e. The molecule has 0 amide bonds. The van der Waals surface area contributed by atoms with Crippen LogP contribution in [0.1, 0.15) is 74.3 Å². The zero-order valence-corrected chi connectivity index (χ0v) is 21.0. The van der Waals surface area contributed by atoms with Gasteiger partial charge < -0.3 is 9.47 Å². The second kappa shape index (κ2) is 7.89. The molecule has 4 heteroatoms. The zero-order valence-electron chi connectivity index (χ0n) is 21.0. The highest BCUT2D eigenvalue weighted by Gasteiger charge is 2.47. The Balaban J connectivity index is 1.69. The van der Waals surface area contributed by atoms with Crippen molar-refractivity contribution < 1.29 is 14.3 Å². The molecule has 4 nitrogen and oxygen atoms in total. The molecule has 2 aliphatic rings. The van der Waals surface area contributed by atoms with Crippen molar-refractivity contribution in [2.45, 2.75) is 64.6 Å². The summed E-state index contributed by atoms with van der Waals surface area (Å²) in [6, 6.07) is 17.2. The monoisotopic (exact) mass is 465 g/mol. The first-order valence-corrected chi connectivity index (χ1v) is 12.6. The molecule has 1 saturated carbocycles. The van der Waals surface area contributed by atoms with E-state index < -0.39 is 11.7 Å². The van der Waals surface area contributed by atoms with Crippen molar-refractivity contribution in [2.24, 2.45) is 0 Å². The van der Waals surface area contributed by atoms with Gasteiger partial charge in [0.05, 0.1) is 17.7 Å². The van der Waals surface area contributed by atoms with E-state index in [0.29, 0.717) is 18.4 Å². The summed E-state index contributed by atoms with van der Waals surface area (Å²) in [5, 5.41) is 3.52. The number of carbonyl (C=O) groups excluding carboxylic acids is 1. The number of aromatic nitrogens is 1. The van der Waals surface area contributed by atoms with Gasteiger partial charge in [-0.3, -0.25) is 4.98 Å². The summed E-state index contributed by atoms with van der Waals surface area (Å²) in [7, 11) is 0. The summed E-state index contributed by atoms with van der Waals surface area (Å²) < 4.78 is 12.0. The molecule has 0 spiro atoms. The molecule has 0 bridgehead atoms. The number of aryl methyl sites for hydroxylation is 1. The highest BCUT2D eigenvalue weighted by atomic mass is 16.6. The zero-order chi connectivity index (χ0) is 24.5. The molecular formula is C31H31NO3. The van der Waals surface area contributed by atoms with Crippen molar-refractivity contribution >= 4 is 27.6 Å². The minimum Gasteiger partial charge on any atom is -0.464 e. The highest BCUT2D eigenvalue weighted by molar-refractivity contribution is 6.09. The summed E-state index contributed by atoms with van der Waals surface area (Å²) in [6.07, 6.45) is 2.35. The predicted molar refractivity (Wildman–Crippen MR) is 140 cm³/mol. The Morgan fingerprint density at radius 1 is 1.09 bits per heavy atom. The van der Waals surface area contributed by atoms with E-state index in [-0.39, 0.29) is 5.97 Å². The fourth-order valence-electron chi connectivity index (χ4n) is 5.95. The van der Waals surface area contributed by atoms with Crippen LogP contribution in [-0.4, -0.2) is 23.2 Å². The van der Waals surface area contributed by atoms with Gasteiger partial charge in [-0.05, 0) is 92.0 Å². The molecule has 178 valence electrons. The van der Waals surface area contributed by atoms with Crippen molar-refractivity contribution in [3.05, 3.63) is 77.0 Å². The Bertz CT molecular complexity index is 1480. The van der Waals surface area contributed by atoms with E-state index in [1.165, 1.54) is 22.9 Å². The van der Waals surface area contributed by atoms with Crippen LogP contribution in [0.2, 0.25) is 0 Å². The number of rotatable bonds is 5. The molecule has 1 aromatic heterocycles. The maximum Gasteiger partial charge on any atom is 0.339 e. The van der Waals surface area contributed by atoms with Crippen LogP contribution < -0.4 is 0 Å². The lowest BCUT2D eigenvalue weighted by atomic mass is 9.85. The van der Waals surface area contributed by atoms with Gasteiger partial charge in [-0.1, -0.05) is 42.5 Å². The molecular weight excluding hydrogens is 434 g/mol. The second-order valence-electron chi connectivity index (χ2n) is 10.8. The summed E-state index contributed by atoms with van der Waals surface area (Å²) in [4.78, 5) is 18.3. The molecule has 0 saturated heterocycles. The summed E-state index contributed by atoms with van der Waals surface area (Å²) in [5.41, 5.74) is 7.26. The van der Waals surface area contributed by atoms with Gasteiger partial charge >= 0.3 is 5.97 Å². The first kappa shape index (κ1) is 22.2. The number of benzene rings is 3. The Morgan fingerprint density at radius 3 is 2.57 bits per heavy atom. The van der Waals surface area contributed by atoms with Crippen LogP contribution in [0.3, 0.4) is 0 Å². The molecule has 1 fully saturated rings. The summed E-state index contributed by atoms with van der Waals surface area (Å²) in [6.45, 7) is 10.1. The minimum atomic E-state index is -0.842. The number of hydrogen-bond acceptors (Lipinski definition) is 4. The van der Waals surface area contributed by atoms with Crippen LogP contribution in [0.15, 0.2) is 54.7 Å². The molecule has 2 unspecified atom stereocenters. The maximum absolute atomic E-state index is 13.4. The number of carbonyl (C=O) groups is 1. The number of hydrogen-bond donors (Lipinski definition) is 0. The van der Waals surface area contributed by atoms with Crippen molar-refractivity contribution in [1.29, 1.82) is 0 Å². The van der Waals surface area contributed by atoms with Crippen LogP contribution in [-0.2, 0) is 14.3 Å². The van der Waals surface area contributed by atoms with Gasteiger partial charge in [0.15, 0.2) is 6.10 Å². The van der Waals surface area contributed by atoms with Crippen LogP contribution in [0.5, 0.6) is 0 Å². The molecule has 3 atom stereocenters. The first-order chi connectivity index (χ1) is 16.8. The standard InChI is InChI=1S/C31H31NO3/c1-6-34-30(33)29(35-31(3,4)5)25-17(2)15-18-9-7-8-10-19(18)26(25)22-12-11-20-23-16-24(23)21-13-14-32-28(22)27(20)21/h7-15,23-24,29H,6,16H2,1-5H3/t23?,24?,29-/m0/s1. The molecule has 3 aromatic carbocycles. The van der Waals surface area contributed by atoms with E-state index in [2.05, 4.69) is 55.5 Å². The van der Waals surface area contributed by atoms with Gasteiger partial charge in [0.2, 0.25) is 0 Å². The van der Waals surface area contributed by atoms with Crippen molar-refractivity contribution in [2.75, 3.05) is 6.61 Å². The van der Waals surface area contributed by atoms with E-state index in [0.717, 1.165) is 38.5 Å². The topological polar surface area (TPSA) is 48.4 Å². The van der Waals surface area contributed by atoms with Crippen molar-refractivity contribution in [3.8, 4) is 11.1 Å². The molecule has 6 rings (SSSR count). The quantitative estimate of drug-likeness (QED) is 0.289. The normalized spacial score (nSPS) is 19.1. The Labute approximate surface area is 206 Å². The van der Waals surface area contributed by atoms with Crippen LogP contribution >= 0.6 is 0 Å². The Morgan fingerprint density at radius 2 is 1.83 bits per heavy atom. The molecule has 4 aromatic rings. The first-order valence-electron chi connectivity index (χ1n) is 12.6. The van der Waals surface area contributed by atoms with E-state index in [1.807, 2.05) is 33.9 Å². The van der Waals surface area contributed by atoms with Gasteiger partial charge in [-0.2, -0.15) is 0 Å². The van der Waals surface area contributed by atoms with Gasteiger partial charge in [0.1, 0.15) is 0 Å². The van der Waals surface area contributed by atoms with E-state index in [1.54, 1.807) is 0 Å². The largest absolute Gasteiger partial charge is 0.464 e. The van der Waals surface area contributed by atoms with Crippen LogP contribution in [0, 0.1) is 6.92 Å². The molecule has 1 heterocycles. The summed E-state index contributed by atoms with van der Waals surface area (Å²) in [5.74, 6) is 0.911. The Hall–Kier alpha value is -3.24. The number of fused-ring (bicyclic) bond motifs is 4. The fourth-order valence-corrected chi connectivity index (χ4v) is 5.95. The van der Waals surface area contributed by atoms with Gasteiger partial charge in [0.25, 0.3) is 0 Å². The third-order valence-electron chi connectivity index (χ3n) is 7.35. The van der Waals surface area contributed by atoms with E-state index >= 15 is 0 Å². The highest BCUT2D eigenvalue weighted by Crippen LogP contribution is 2.63. The van der Waals surface area contributed by atoms with Crippen LogP contribution in [0.4, 0.5) is 0 Å². The minimum absolute atomic E-state index is 0.302. The summed E-state index contributed by atoms with van der Waals surface area (Å²) >= 11 is 0. The number of pyridine rings is 1. The van der Waals surface area contributed by atoms with Crippen molar-refractivity contribution in [3.63, 3.8) is 0 Å². The van der Waals surface area contributed by atoms with Crippen molar-refractivity contribution in [1.82, 2.24) is 4.98 Å². The lowest BCUT2D eigenvalue weighted by Gasteiger charge is -2.30. The third-order valence-corrected chi connectivity index (χ3v) is 7.35. The molecule has 0 N–H and O–H groups in total. The third kappa shape index (κ3) is 3.54. The molecule has 2 aliphatic carbocycles. The lowest BCUT2D eigenvalue weighted by molar-refractivity contribution is -0.166. The average molecular weight is 466 g/mol. The Kier molecular flexibility index (Phi) is 5.01. The fraction of sp³-hybridized carbons (Fsp3) is 0.355. The molecule has 35 heavy (non-hydrogen) atoms. The van der Waals surface area contributed by atoms with E-state index in [9.17, 15) is 4.79 Å². The van der Waals surface area contributed by atoms with Crippen LogP contribution in [0.25, 0.3) is 32.8 Å². The van der Waals surface area contributed by atoms with Gasteiger partial charge in [-0.15, -0.1) is 0 Å². The predicted octanol–water partition coefficient (Wildman–Crippen LogP) is 7.37. The number of esters is 1. The number of ether oxygens (including phenoxy) is 2. The SMILES string of the molecule is CCOC(=O)[C@@H](OC(C)(C)C)c1c(C)cc2ccccc2c1-c1ccc2c3c(ccnc13)C1CC21. The van der Waals surface area contributed by atoms with E-state index in [4.69, 9.17) is 14.5 Å². The van der Waals surface area contributed by atoms with Gasteiger partial charge in [-0.25, -0.2) is 4.79 Å². The van der Waals surface area contributed by atoms with Gasteiger partial charge in [0, 0.05) is 22.7 Å². The second-order valence-corrected chi connectivity index (χ2v) is 10.8. The average Bonchev–Trinajstić information content (AvgIpc) is 3.55. The maximum atomic E-state index is 13.4. The lowest BCUT2D eigenvalue weighted by Crippen LogP contribution is -2.29. The molecule has 0 aliphatic heterocycles.